The summed E-state index contributed by atoms with van der Waals surface area (Å²) >= 11 is 11.6. The highest BCUT2D eigenvalue weighted by Gasteiger charge is 2.09. The zero-order chi connectivity index (χ0) is 35.3. The monoisotopic (exact) mass is 689 g/mol. The lowest BCUT2D eigenvalue weighted by molar-refractivity contribution is -0.138. The van der Waals surface area contributed by atoms with E-state index < -0.39 is 23.8 Å². The predicted octanol–water partition coefficient (Wildman–Crippen LogP) is 8.59. The van der Waals surface area contributed by atoms with Gasteiger partial charge in [0, 0.05) is 31.2 Å². The Morgan fingerprint density at radius 3 is 1.83 bits per heavy atom. The Morgan fingerprint density at radius 2 is 1.26 bits per heavy atom. The molecule has 9 nitrogen and oxygen atoms in total. The Kier molecular flexibility index (Phi) is 25.6. The first-order valence-electron chi connectivity index (χ1n) is 15.6. The summed E-state index contributed by atoms with van der Waals surface area (Å²) in [6.07, 6.45) is 11.9. The molecule has 0 aliphatic carbocycles. The fourth-order valence-corrected chi connectivity index (χ4v) is 4.08. The van der Waals surface area contributed by atoms with Gasteiger partial charge in [-0.05, 0) is 49.3 Å². The first-order valence-corrected chi connectivity index (χ1v) is 16.3. The van der Waals surface area contributed by atoms with Gasteiger partial charge >= 0.3 is 17.9 Å². The number of rotatable bonds is 17. The second-order valence-electron chi connectivity index (χ2n) is 10.3. The van der Waals surface area contributed by atoms with Gasteiger partial charge in [-0.15, -0.1) is 0 Å². The van der Waals surface area contributed by atoms with Crippen LogP contribution < -0.4 is 5.32 Å². The zero-order valence-electron chi connectivity index (χ0n) is 26.8. The van der Waals surface area contributed by atoms with E-state index in [9.17, 15) is 19.2 Å². The summed E-state index contributed by atoms with van der Waals surface area (Å²) in [5.74, 6) is 8.97. The molecule has 0 atom stereocenters. The van der Waals surface area contributed by atoms with Crippen molar-refractivity contribution in [2.45, 2.75) is 103 Å². The smallest absolute Gasteiger partial charge is 0.307 e. The number of phenolic OH excluding ortho intramolecular Hbond substituents is 1. The van der Waals surface area contributed by atoms with Crippen LogP contribution in [-0.4, -0.2) is 44.2 Å². The first kappa shape index (κ1) is 42.8. The van der Waals surface area contributed by atoms with Gasteiger partial charge in [-0.3, -0.25) is 19.2 Å². The molecule has 0 aliphatic rings. The molecule has 0 aliphatic heterocycles. The third-order valence-electron chi connectivity index (χ3n) is 6.21. The third kappa shape index (κ3) is 25.7. The van der Waals surface area contributed by atoms with Crippen LogP contribution in [0.15, 0.2) is 42.5 Å². The number of anilines is 1. The van der Waals surface area contributed by atoms with Crippen LogP contribution in [-0.2, 0) is 25.6 Å². The Bertz CT molecular complexity index is 1370. The topological polar surface area (TPSA) is 161 Å². The molecule has 1 amide bonds. The molecule has 47 heavy (non-hydrogen) atoms. The highest BCUT2D eigenvalue weighted by Crippen LogP contribution is 2.29. The number of carboxylic acids is 3. The van der Waals surface area contributed by atoms with Gasteiger partial charge in [-0.2, -0.15) is 0 Å². The number of para-hydroxylation sites is 1. The van der Waals surface area contributed by atoms with E-state index in [0.29, 0.717) is 22.7 Å². The van der Waals surface area contributed by atoms with E-state index in [2.05, 4.69) is 35.9 Å². The Morgan fingerprint density at radius 1 is 0.681 bits per heavy atom. The van der Waals surface area contributed by atoms with E-state index in [1.165, 1.54) is 38.2 Å². The van der Waals surface area contributed by atoms with Gasteiger partial charge in [0.25, 0.3) is 0 Å². The number of amides is 1. The Labute approximate surface area is 287 Å². The molecule has 0 fully saturated rings. The highest BCUT2D eigenvalue weighted by molar-refractivity contribution is 6.44. The molecule has 0 saturated heterocycles. The minimum absolute atomic E-state index is 0.0369. The maximum absolute atomic E-state index is 11.3. The number of benzene rings is 2. The van der Waals surface area contributed by atoms with Crippen LogP contribution in [0.2, 0.25) is 10.0 Å². The molecule has 2 aromatic carbocycles. The molecule has 0 radical (unpaired) electrons. The van der Waals surface area contributed by atoms with Gasteiger partial charge in [0.1, 0.15) is 5.75 Å². The fourth-order valence-electron chi connectivity index (χ4n) is 3.73. The molecule has 2 rings (SSSR count). The summed E-state index contributed by atoms with van der Waals surface area (Å²) in [7, 11) is 0. The number of aliphatic carboxylic acids is 3. The second kappa shape index (κ2) is 28.1. The molecular weight excluding hydrogens is 645 g/mol. The number of unbranched alkanes of at least 4 members (excludes halogenated alkanes) is 9. The number of carboxylic acid groups (broad SMARTS) is 3. The van der Waals surface area contributed by atoms with E-state index in [-0.39, 0.29) is 30.0 Å². The number of nitrogens with one attached hydrogen (secondary N) is 1. The molecule has 11 heteroatoms. The minimum atomic E-state index is -1.02. The molecule has 0 heterocycles. The van der Waals surface area contributed by atoms with E-state index in [1.54, 1.807) is 36.4 Å². The summed E-state index contributed by atoms with van der Waals surface area (Å²) in [6.45, 7) is 2.19. The van der Waals surface area contributed by atoms with E-state index in [4.69, 9.17) is 43.6 Å². The van der Waals surface area contributed by atoms with Gasteiger partial charge in [0.05, 0.1) is 28.6 Å². The summed E-state index contributed by atoms with van der Waals surface area (Å²) < 4.78 is 0. The lowest BCUT2D eigenvalue weighted by Gasteiger charge is -2.07. The summed E-state index contributed by atoms with van der Waals surface area (Å²) in [5, 5.41) is 37.4. The summed E-state index contributed by atoms with van der Waals surface area (Å²) in [4.78, 5) is 42.1. The summed E-state index contributed by atoms with van der Waals surface area (Å²) in [6, 6.07) is 11.2. The van der Waals surface area contributed by atoms with Crippen molar-refractivity contribution in [2.75, 3.05) is 5.32 Å². The fraction of sp³-hybridized carbons (Fsp3) is 0.444. The predicted molar refractivity (Wildman–Crippen MR) is 186 cm³/mol. The molecule has 5 N–H and O–H groups in total. The van der Waals surface area contributed by atoms with E-state index >= 15 is 0 Å². The van der Waals surface area contributed by atoms with Crippen molar-refractivity contribution >= 4 is 52.7 Å². The van der Waals surface area contributed by atoms with Gasteiger partial charge < -0.3 is 25.7 Å². The normalized spacial score (nSPS) is 9.51. The molecule has 0 bridgehead atoms. The number of phenols is 1. The average Bonchev–Trinajstić information content (AvgIpc) is 3.02. The average molecular weight is 691 g/mol. The number of halogens is 2. The number of aromatic hydroxyl groups is 1. The van der Waals surface area contributed by atoms with Crippen molar-refractivity contribution in [2.24, 2.45) is 0 Å². The van der Waals surface area contributed by atoms with Crippen LogP contribution in [0, 0.1) is 23.7 Å². The number of carbonyl (C=O) groups excluding carboxylic acids is 1. The van der Waals surface area contributed by atoms with Gasteiger partial charge in [-0.25, -0.2) is 0 Å². The molecule has 0 spiro atoms. The third-order valence-corrected chi connectivity index (χ3v) is 7.03. The van der Waals surface area contributed by atoms with Crippen LogP contribution >= 0.6 is 23.2 Å². The number of hydrogen-bond acceptors (Lipinski definition) is 5. The van der Waals surface area contributed by atoms with Crippen molar-refractivity contribution in [3.05, 3.63) is 58.1 Å². The maximum Gasteiger partial charge on any atom is 0.307 e. The van der Waals surface area contributed by atoms with E-state index in [0.717, 1.165) is 38.5 Å². The molecule has 0 aromatic heterocycles. The SMILES string of the molecule is CCCCCC#CC#CCCCCCCCCC(=O)O.O=C(O)CCC(=O)Nc1cccc(Cl)c1Cl.O=C(O)Cc1ccccc1O. The van der Waals surface area contributed by atoms with Crippen LogP contribution in [0.1, 0.15) is 102 Å². The molecule has 2 aromatic rings. The van der Waals surface area contributed by atoms with Gasteiger partial charge in [0.2, 0.25) is 5.91 Å². The van der Waals surface area contributed by atoms with Gasteiger partial charge in [0.15, 0.2) is 0 Å². The minimum Gasteiger partial charge on any atom is -0.508 e. The van der Waals surface area contributed by atoms with Crippen LogP contribution in [0.4, 0.5) is 5.69 Å². The standard InChI is InChI=1S/C18H28O2.C10H9Cl2NO3.C8H8O3/c1-2-3-4-5-6-7-8-9-10-11-12-13-14-15-16-17-18(19)20;11-6-2-1-3-7(10(6)12)13-8(14)4-5-9(15)16;9-7-4-2-1-3-6(7)5-8(10)11/h2-5,10-17H2,1H3,(H,19,20);1-3H,4-5H2,(H,13,14)(H,15,16);1-4,9H,5H2,(H,10,11). The van der Waals surface area contributed by atoms with Crippen LogP contribution in [0.5, 0.6) is 5.75 Å². The second-order valence-corrected chi connectivity index (χ2v) is 11.1. The van der Waals surface area contributed by atoms with Crippen LogP contribution in [0.3, 0.4) is 0 Å². The Hall–Kier alpha value is -4.18. The molecule has 256 valence electrons. The lowest BCUT2D eigenvalue weighted by atomic mass is 10.1. The largest absolute Gasteiger partial charge is 0.508 e. The van der Waals surface area contributed by atoms with Crippen molar-refractivity contribution < 1.29 is 39.6 Å². The van der Waals surface area contributed by atoms with Crippen LogP contribution in [0.25, 0.3) is 0 Å². The van der Waals surface area contributed by atoms with Gasteiger partial charge in [-0.1, -0.05) is 105 Å². The van der Waals surface area contributed by atoms with Crippen molar-refractivity contribution in [1.29, 1.82) is 0 Å². The number of hydrogen-bond donors (Lipinski definition) is 5. The lowest BCUT2D eigenvalue weighted by Crippen LogP contribution is -2.13. The van der Waals surface area contributed by atoms with Crippen molar-refractivity contribution in [3.63, 3.8) is 0 Å². The van der Waals surface area contributed by atoms with Crippen molar-refractivity contribution in [3.8, 4) is 29.4 Å². The Balaban J connectivity index is 0.000000702. The van der Waals surface area contributed by atoms with Crippen molar-refractivity contribution in [1.82, 2.24) is 0 Å². The quantitative estimate of drug-likeness (QED) is 0.0815. The summed E-state index contributed by atoms with van der Waals surface area (Å²) in [5.41, 5.74) is 0.824. The highest BCUT2D eigenvalue weighted by atomic mass is 35.5. The first-order chi connectivity index (χ1) is 22.5. The maximum atomic E-state index is 11.3. The molecule has 0 saturated carbocycles. The van der Waals surface area contributed by atoms with E-state index in [1.807, 2.05) is 0 Å². The molecular formula is C36H45Cl2NO8. The molecule has 0 unspecified atom stereocenters. The zero-order valence-corrected chi connectivity index (χ0v) is 28.3. The number of carbonyl (C=O) groups is 4.